The molecule has 0 radical (unpaired) electrons. The van der Waals surface area contributed by atoms with Crippen molar-refractivity contribution < 1.29 is 14.0 Å². The Morgan fingerprint density at radius 1 is 1.03 bits per heavy atom. The van der Waals surface area contributed by atoms with Gasteiger partial charge in [0.15, 0.2) is 0 Å². The molecule has 1 aliphatic heterocycles. The number of hydrogen-bond acceptors (Lipinski definition) is 3. The molecule has 0 unspecified atom stereocenters. The fourth-order valence-corrected chi connectivity index (χ4v) is 3.65. The number of para-hydroxylation sites is 1. The normalized spacial score (nSPS) is 15.6. The fourth-order valence-electron chi connectivity index (χ4n) is 3.65. The number of amides is 2. The minimum absolute atomic E-state index is 0.0726. The van der Waals surface area contributed by atoms with E-state index in [1.807, 2.05) is 26.8 Å². The summed E-state index contributed by atoms with van der Waals surface area (Å²) in [5.41, 5.74) is 1.30. The molecule has 2 aromatic carbocycles. The summed E-state index contributed by atoms with van der Waals surface area (Å²) in [6.07, 6.45) is 1.41. The summed E-state index contributed by atoms with van der Waals surface area (Å²) in [5.74, 6) is -0.599. The van der Waals surface area contributed by atoms with E-state index in [-0.39, 0.29) is 29.1 Å². The third-order valence-corrected chi connectivity index (χ3v) is 5.23. The van der Waals surface area contributed by atoms with Crippen LogP contribution in [0.3, 0.4) is 0 Å². The van der Waals surface area contributed by atoms with Gasteiger partial charge >= 0.3 is 0 Å². The SMILES string of the molecule is CC(C)(C)NC(=O)c1ccccc1NC(=O)C1CCN(Cc2ccccc2F)CC1. The van der Waals surface area contributed by atoms with Crippen LogP contribution in [0.2, 0.25) is 0 Å². The summed E-state index contributed by atoms with van der Waals surface area (Å²) in [5, 5.41) is 5.88. The molecule has 2 amide bonds. The molecule has 6 heteroatoms. The molecular formula is C24H30FN3O2. The number of carbonyl (C=O) groups excluding carboxylic acids is 2. The Hall–Kier alpha value is -2.73. The maximum absolute atomic E-state index is 13.9. The van der Waals surface area contributed by atoms with Crippen molar-refractivity contribution in [1.29, 1.82) is 0 Å². The van der Waals surface area contributed by atoms with Crippen LogP contribution in [-0.4, -0.2) is 35.3 Å². The quantitative estimate of drug-likeness (QED) is 0.775. The number of nitrogens with zero attached hydrogens (tertiary/aromatic N) is 1. The van der Waals surface area contributed by atoms with Gasteiger partial charge in [-0.1, -0.05) is 30.3 Å². The zero-order valence-corrected chi connectivity index (χ0v) is 17.9. The first-order valence-corrected chi connectivity index (χ1v) is 10.4. The van der Waals surface area contributed by atoms with Gasteiger partial charge < -0.3 is 10.6 Å². The average molecular weight is 412 g/mol. The molecule has 0 aromatic heterocycles. The molecule has 30 heavy (non-hydrogen) atoms. The van der Waals surface area contributed by atoms with Crippen molar-refractivity contribution in [2.24, 2.45) is 5.92 Å². The molecule has 2 N–H and O–H groups in total. The van der Waals surface area contributed by atoms with Crippen molar-refractivity contribution in [3.8, 4) is 0 Å². The largest absolute Gasteiger partial charge is 0.347 e. The third-order valence-electron chi connectivity index (χ3n) is 5.23. The van der Waals surface area contributed by atoms with Gasteiger partial charge in [-0.25, -0.2) is 4.39 Å². The highest BCUT2D eigenvalue weighted by atomic mass is 19.1. The maximum Gasteiger partial charge on any atom is 0.253 e. The molecule has 0 atom stereocenters. The molecule has 1 fully saturated rings. The third kappa shape index (κ3) is 5.89. The van der Waals surface area contributed by atoms with Crippen LogP contribution in [-0.2, 0) is 11.3 Å². The zero-order chi connectivity index (χ0) is 21.7. The highest BCUT2D eigenvalue weighted by Gasteiger charge is 2.26. The molecule has 1 aliphatic rings. The van der Waals surface area contributed by atoms with E-state index in [0.717, 1.165) is 13.1 Å². The molecular weight excluding hydrogens is 381 g/mol. The molecule has 0 aliphatic carbocycles. The van der Waals surface area contributed by atoms with Gasteiger partial charge in [0.2, 0.25) is 5.91 Å². The van der Waals surface area contributed by atoms with E-state index < -0.39 is 0 Å². The first-order chi connectivity index (χ1) is 14.2. The Labute approximate surface area is 177 Å². The van der Waals surface area contributed by atoms with Crippen molar-refractivity contribution in [2.75, 3.05) is 18.4 Å². The van der Waals surface area contributed by atoms with Gasteiger partial charge in [-0.3, -0.25) is 14.5 Å². The first-order valence-electron chi connectivity index (χ1n) is 10.4. The van der Waals surface area contributed by atoms with E-state index >= 15 is 0 Å². The number of nitrogens with one attached hydrogen (secondary N) is 2. The Morgan fingerprint density at radius 3 is 2.33 bits per heavy atom. The van der Waals surface area contributed by atoms with Gasteiger partial charge in [-0.05, 0) is 64.9 Å². The van der Waals surface area contributed by atoms with Crippen molar-refractivity contribution in [1.82, 2.24) is 10.2 Å². The Bertz CT molecular complexity index is 899. The van der Waals surface area contributed by atoms with E-state index in [1.54, 1.807) is 36.4 Å². The number of likely N-dealkylation sites (tertiary alicyclic amines) is 1. The van der Waals surface area contributed by atoms with Crippen LogP contribution < -0.4 is 10.6 Å². The van der Waals surface area contributed by atoms with E-state index in [9.17, 15) is 14.0 Å². The number of anilines is 1. The molecule has 1 heterocycles. The average Bonchev–Trinajstić information content (AvgIpc) is 2.69. The summed E-state index contributed by atoms with van der Waals surface area (Å²) in [4.78, 5) is 27.6. The lowest BCUT2D eigenvalue weighted by Crippen LogP contribution is -2.41. The fraction of sp³-hybridized carbons (Fsp3) is 0.417. The second kappa shape index (κ2) is 9.39. The summed E-state index contributed by atoms with van der Waals surface area (Å²) in [6, 6.07) is 13.9. The molecule has 0 saturated carbocycles. The van der Waals surface area contributed by atoms with Crippen molar-refractivity contribution in [3.63, 3.8) is 0 Å². The summed E-state index contributed by atoms with van der Waals surface area (Å²) >= 11 is 0. The van der Waals surface area contributed by atoms with E-state index in [2.05, 4.69) is 15.5 Å². The Kier molecular flexibility index (Phi) is 6.87. The summed E-state index contributed by atoms with van der Waals surface area (Å²) in [6.45, 7) is 7.78. The van der Waals surface area contributed by atoms with Crippen LogP contribution in [0.1, 0.15) is 49.5 Å². The number of piperidine rings is 1. The highest BCUT2D eigenvalue weighted by molar-refractivity contribution is 6.04. The van der Waals surface area contributed by atoms with Crippen LogP contribution in [0, 0.1) is 11.7 Å². The lowest BCUT2D eigenvalue weighted by atomic mass is 9.95. The highest BCUT2D eigenvalue weighted by Crippen LogP contribution is 2.23. The van der Waals surface area contributed by atoms with Gasteiger partial charge in [0.1, 0.15) is 5.82 Å². The van der Waals surface area contributed by atoms with E-state index in [1.165, 1.54) is 6.07 Å². The standard InChI is InChI=1S/C24H30FN3O2/c1-24(2,3)27-23(30)19-9-5-7-11-21(19)26-22(29)17-12-14-28(15-13-17)16-18-8-4-6-10-20(18)25/h4-11,17H,12-16H2,1-3H3,(H,26,29)(H,27,30). The number of halogens is 1. The molecule has 1 saturated heterocycles. The second-order valence-electron chi connectivity index (χ2n) is 8.88. The lowest BCUT2D eigenvalue weighted by molar-refractivity contribution is -0.121. The molecule has 0 bridgehead atoms. The number of carbonyl (C=O) groups is 2. The predicted molar refractivity (Wildman–Crippen MR) is 117 cm³/mol. The van der Waals surface area contributed by atoms with Gasteiger partial charge in [0.25, 0.3) is 5.91 Å². The Balaban J connectivity index is 1.58. The zero-order valence-electron chi connectivity index (χ0n) is 17.9. The number of hydrogen-bond donors (Lipinski definition) is 2. The van der Waals surface area contributed by atoms with Gasteiger partial charge in [-0.15, -0.1) is 0 Å². The lowest BCUT2D eigenvalue weighted by Gasteiger charge is -2.31. The van der Waals surface area contributed by atoms with Crippen LogP contribution in [0.5, 0.6) is 0 Å². The minimum Gasteiger partial charge on any atom is -0.347 e. The van der Waals surface area contributed by atoms with Crippen LogP contribution in [0.25, 0.3) is 0 Å². The topological polar surface area (TPSA) is 61.4 Å². The minimum atomic E-state index is -0.362. The molecule has 2 aromatic rings. The summed E-state index contributed by atoms with van der Waals surface area (Å²) < 4.78 is 13.9. The second-order valence-corrected chi connectivity index (χ2v) is 8.88. The Morgan fingerprint density at radius 2 is 1.67 bits per heavy atom. The maximum atomic E-state index is 13.9. The van der Waals surface area contributed by atoms with Gasteiger partial charge in [0, 0.05) is 23.6 Å². The van der Waals surface area contributed by atoms with Crippen LogP contribution >= 0.6 is 0 Å². The predicted octanol–water partition coefficient (Wildman–Crippen LogP) is 4.20. The van der Waals surface area contributed by atoms with Crippen LogP contribution in [0.4, 0.5) is 10.1 Å². The molecule has 5 nitrogen and oxygen atoms in total. The number of benzene rings is 2. The monoisotopic (exact) mass is 411 g/mol. The van der Waals surface area contributed by atoms with Gasteiger partial charge in [-0.2, -0.15) is 0 Å². The van der Waals surface area contributed by atoms with Crippen molar-refractivity contribution in [2.45, 2.75) is 45.7 Å². The molecule has 3 rings (SSSR count). The number of rotatable bonds is 5. The van der Waals surface area contributed by atoms with Crippen LogP contribution in [0.15, 0.2) is 48.5 Å². The van der Waals surface area contributed by atoms with Crippen molar-refractivity contribution in [3.05, 3.63) is 65.5 Å². The molecule has 0 spiro atoms. The smallest absolute Gasteiger partial charge is 0.253 e. The van der Waals surface area contributed by atoms with Gasteiger partial charge in [0.05, 0.1) is 11.3 Å². The molecule has 160 valence electrons. The van der Waals surface area contributed by atoms with E-state index in [4.69, 9.17) is 0 Å². The summed E-state index contributed by atoms with van der Waals surface area (Å²) in [7, 11) is 0. The van der Waals surface area contributed by atoms with E-state index in [0.29, 0.717) is 36.2 Å². The first kappa shape index (κ1) is 22.0. The van der Waals surface area contributed by atoms with Crippen molar-refractivity contribution >= 4 is 17.5 Å².